The number of halogens is 2. The molecule has 162 valence electrons. The number of guanidine groups is 1. The van der Waals surface area contributed by atoms with E-state index in [0.29, 0.717) is 28.5 Å². The van der Waals surface area contributed by atoms with E-state index in [1.807, 2.05) is 24.6 Å². The minimum atomic E-state index is 0.302. The summed E-state index contributed by atoms with van der Waals surface area (Å²) in [5.41, 5.74) is 0.962. The molecule has 1 aliphatic heterocycles. The number of hydrogen-bond acceptors (Lipinski definition) is 3. The molecule has 1 aromatic heterocycles. The van der Waals surface area contributed by atoms with Gasteiger partial charge in [0.2, 0.25) is 5.91 Å². The summed E-state index contributed by atoms with van der Waals surface area (Å²) in [5, 5.41) is 7.74. The van der Waals surface area contributed by atoms with Crippen molar-refractivity contribution in [3.8, 4) is 0 Å². The highest BCUT2D eigenvalue weighted by atomic mass is 35.5. The molecular weight excluding hydrogens is 411 g/mol. The number of carbonyl (C=O) groups is 1. The van der Waals surface area contributed by atoms with E-state index in [-0.39, 0.29) is 0 Å². The lowest BCUT2D eigenvalue weighted by Gasteiger charge is -2.38. The Labute approximate surface area is 183 Å². The molecule has 1 saturated carbocycles. The van der Waals surface area contributed by atoms with Crippen molar-refractivity contribution in [2.24, 2.45) is 18.0 Å². The minimum absolute atomic E-state index is 0.302. The average Bonchev–Trinajstić information content (AvgIpc) is 2.92. The second-order valence-electron chi connectivity index (χ2n) is 7.75. The zero-order valence-corrected chi connectivity index (χ0v) is 18.9. The number of rotatable bonds is 7. The van der Waals surface area contributed by atoms with Crippen molar-refractivity contribution < 1.29 is 4.79 Å². The van der Waals surface area contributed by atoms with Crippen molar-refractivity contribution in [2.45, 2.75) is 32.7 Å². The zero-order valence-electron chi connectivity index (χ0n) is 17.4. The normalized spacial score (nSPS) is 18.6. The molecule has 2 N–H and O–H groups in total. The third kappa shape index (κ3) is 5.80. The standard InChI is InChI=1S/C20H32Cl2N6O/c1-3-23-20(25-14-16-13-17(21)18(22)26(16)2)24-7-8-27-9-11-28(12-10-27)19(29)15-5-4-6-15/h13,15H,3-12,14H2,1-2H3,(H2,23,24,25). The molecule has 0 unspecified atom stereocenters. The molecule has 0 aromatic carbocycles. The molecule has 2 fully saturated rings. The van der Waals surface area contributed by atoms with Gasteiger partial charge in [0.15, 0.2) is 5.96 Å². The Morgan fingerprint density at radius 1 is 1.21 bits per heavy atom. The van der Waals surface area contributed by atoms with Gasteiger partial charge in [0.1, 0.15) is 5.15 Å². The summed E-state index contributed by atoms with van der Waals surface area (Å²) >= 11 is 12.2. The number of aromatic nitrogens is 1. The van der Waals surface area contributed by atoms with E-state index in [1.165, 1.54) is 6.42 Å². The molecule has 0 radical (unpaired) electrons. The zero-order chi connectivity index (χ0) is 20.8. The Kier molecular flexibility index (Phi) is 8.09. The Morgan fingerprint density at radius 3 is 2.48 bits per heavy atom. The Hall–Kier alpha value is -1.44. The summed E-state index contributed by atoms with van der Waals surface area (Å²) in [6.07, 6.45) is 3.37. The molecular formula is C20H32Cl2N6O. The molecule has 2 aliphatic rings. The number of piperazine rings is 1. The third-order valence-electron chi connectivity index (χ3n) is 5.82. The Morgan fingerprint density at radius 2 is 1.93 bits per heavy atom. The largest absolute Gasteiger partial charge is 0.357 e. The van der Waals surface area contributed by atoms with Crippen LogP contribution in [0.3, 0.4) is 0 Å². The van der Waals surface area contributed by atoms with Gasteiger partial charge in [-0.05, 0) is 25.8 Å². The highest BCUT2D eigenvalue weighted by molar-refractivity contribution is 6.41. The van der Waals surface area contributed by atoms with Crippen molar-refractivity contribution in [1.29, 1.82) is 0 Å². The molecule has 1 amide bonds. The first-order valence-corrected chi connectivity index (χ1v) is 11.3. The highest BCUT2D eigenvalue weighted by Gasteiger charge is 2.30. The van der Waals surface area contributed by atoms with Crippen LogP contribution in [0.25, 0.3) is 0 Å². The molecule has 2 heterocycles. The fraction of sp³-hybridized carbons (Fsp3) is 0.700. The summed E-state index contributed by atoms with van der Waals surface area (Å²) in [7, 11) is 1.88. The summed E-state index contributed by atoms with van der Waals surface area (Å²) in [6.45, 7) is 8.64. The van der Waals surface area contributed by atoms with Crippen LogP contribution in [-0.4, -0.2) is 72.0 Å². The number of hydrogen-bond donors (Lipinski definition) is 2. The van der Waals surface area contributed by atoms with Gasteiger partial charge in [0.05, 0.1) is 11.6 Å². The second-order valence-corrected chi connectivity index (χ2v) is 8.52. The minimum Gasteiger partial charge on any atom is -0.357 e. The van der Waals surface area contributed by atoms with Crippen molar-refractivity contribution in [2.75, 3.05) is 45.8 Å². The number of amides is 1. The van der Waals surface area contributed by atoms with Gasteiger partial charge in [-0.25, -0.2) is 4.99 Å². The van der Waals surface area contributed by atoms with Crippen molar-refractivity contribution >= 4 is 35.1 Å². The molecule has 7 nitrogen and oxygen atoms in total. The molecule has 0 atom stereocenters. The van der Waals surface area contributed by atoms with Crippen LogP contribution in [-0.2, 0) is 18.4 Å². The van der Waals surface area contributed by atoms with E-state index < -0.39 is 0 Å². The summed E-state index contributed by atoms with van der Waals surface area (Å²) in [6, 6.07) is 1.85. The monoisotopic (exact) mass is 442 g/mol. The Balaban J connectivity index is 1.41. The van der Waals surface area contributed by atoms with E-state index in [4.69, 9.17) is 23.2 Å². The van der Waals surface area contributed by atoms with Crippen molar-refractivity contribution in [3.63, 3.8) is 0 Å². The molecule has 3 rings (SSSR count). The summed E-state index contributed by atoms with van der Waals surface area (Å²) < 4.78 is 1.85. The maximum atomic E-state index is 12.4. The van der Waals surface area contributed by atoms with E-state index in [1.54, 1.807) is 0 Å². The van der Waals surface area contributed by atoms with Crippen molar-refractivity contribution in [3.05, 3.63) is 21.9 Å². The van der Waals surface area contributed by atoms with Crippen LogP contribution in [0.5, 0.6) is 0 Å². The molecule has 29 heavy (non-hydrogen) atoms. The fourth-order valence-corrected chi connectivity index (χ4v) is 4.10. The molecule has 1 saturated heterocycles. The first kappa shape index (κ1) is 22.2. The lowest BCUT2D eigenvalue weighted by Crippen LogP contribution is -2.52. The van der Waals surface area contributed by atoms with Crippen LogP contribution < -0.4 is 10.6 Å². The molecule has 1 aliphatic carbocycles. The number of nitrogens with one attached hydrogen (secondary N) is 2. The number of carbonyl (C=O) groups excluding carboxylic acids is 1. The lowest BCUT2D eigenvalue weighted by molar-refractivity contribution is -0.139. The predicted molar refractivity (Wildman–Crippen MR) is 119 cm³/mol. The quantitative estimate of drug-likeness (QED) is 0.502. The van der Waals surface area contributed by atoms with Gasteiger partial charge in [-0.15, -0.1) is 0 Å². The van der Waals surface area contributed by atoms with Crippen LogP contribution in [0.2, 0.25) is 10.2 Å². The van der Waals surface area contributed by atoms with E-state index in [2.05, 4.69) is 25.4 Å². The smallest absolute Gasteiger partial charge is 0.225 e. The van der Waals surface area contributed by atoms with E-state index in [9.17, 15) is 4.79 Å². The number of nitrogens with zero attached hydrogens (tertiary/aromatic N) is 4. The van der Waals surface area contributed by atoms with Gasteiger partial charge in [-0.2, -0.15) is 0 Å². The molecule has 1 aromatic rings. The second kappa shape index (κ2) is 10.5. The molecule has 0 spiro atoms. The number of aliphatic imine (C=N–C) groups is 1. The van der Waals surface area contributed by atoms with Crippen LogP contribution in [0.1, 0.15) is 31.9 Å². The first-order valence-electron chi connectivity index (χ1n) is 10.5. The van der Waals surface area contributed by atoms with Crippen molar-refractivity contribution in [1.82, 2.24) is 25.0 Å². The molecule has 9 heteroatoms. The lowest BCUT2D eigenvalue weighted by atomic mass is 9.84. The van der Waals surface area contributed by atoms with E-state index >= 15 is 0 Å². The Bertz CT molecular complexity index is 723. The van der Waals surface area contributed by atoms with Gasteiger partial charge in [0, 0.05) is 64.5 Å². The highest BCUT2D eigenvalue weighted by Crippen LogP contribution is 2.28. The van der Waals surface area contributed by atoms with E-state index in [0.717, 1.165) is 70.3 Å². The van der Waals surface area contributed by atoms with Crippen LogP contribution in [0.15, 0.2) is 11.1 Å². The van der Waals surface area contributed by atoms with Gasteiger partial charge < -0.3 is 20.1 Å². The maximum absolute atomic E-state index is 12.4. The summed E-state index contributed by atoms with van der Waals surface area (Å²) in [5.74, 6) is 1.45. The first-order chi connectivity index (χ1) is 14.0. The average molecular weight is 443 g/mol. The SMILES string of the molecule is CCNC(=NCc1cc(Cl)c(Cl)n1C)NCCN1CCN(C(=O)C2CCC2)CC1. The van der Waals surface area contributed by atoms with Gasteiger partial charge in [-0.1, -0.05) is 29.6 Å². The predicted octanol–water partition coefficient (Wildman–Crippen LogP) is 2.33. The summed E-state index contributed by atoms with van der Waals surface area (Å²) in [4.78, 5) is 21.4. The maximum Gasteiger partial charge on any atom is 0.225 e. The topological polar surface area (TPSA) is 64.9 Å². The third-order valence-corrected chi connectivity index (χ3v) is 6.66. The van der Waals surface area contributed by atoms with Crippen LogP contribution in [0, 0.1) is 5.92 Å². The van der Waals surface area contributed by atoms with Crippen LogP contribution in [0.4, 0.5) is 0 Å². The van der Waals surface area contributed by atoms with Gasteiger partial charge in [-0.3, -0.25) is 9.69 Å². The van der Waals surface area contributed by atoms with Crippen LogP contribution >= 0.6 is 23.2 Å². The van der Waals surface area contributed by atoms with Gasteiger partial charge >= 0.3 is 0 Å². The molecule has 0 bridgehead atoms. The fourth-order valence-electron chi connectivity index (χ4n) is 3.68. The van der Waals surface area contributed by atoms with Gasteiger partial charge in [0.25, 0.3) is 0 Å².